The smallest absolute Gasteiger partial charge is 0.222 e. The van der Waals surface area contributed by atoms with Gasteiger partial charge in [-0.2, -0.15) is 0 Å². The Morgan fingerprint density at radius 1 is 1.53 bits per heavy atom. The Hall–Kier alpha value is -0.610. The van der Waals surface area contributed by atoms with Crippen molar-refractivity contribution in [3.63, 3.8) is 0 Å². The third-order valence-corrected chi connectivity index (χ3v) is 3.19. The van der Waals surface area contributed by atoms with E-state index in [9.17, 15) is 4.79 Å². The molecule has 0 aromatic heterocycles. The Bertz CT molecular complexity index is 209. The van der Waals surface area contributed by atoms with Gasteiger partial charge in [0.15, 0.2) is 0 Å². The maximum Gasteiger partial charge on any atom is 0.222 e. The van der Waals surface area contributed by atoms with Crippen LogP contribution in [0.1, 0.15) is 45.4 Å². The first-order valence-corrected chi connectivity index (χ1v) is 5.79. The van der Waals surface area contributed by atoms with Crippen LogP contribution in [0.3, 0.4) is 0 Å². The Balaban J connectivity index is 2.34. The van der Waals surface area contributed by atoms with E-state index in [4.69, 9.17) is 10.8 Å². The van der Waals surface area contributed by atoms with Gasteiger partial charge in [0.1, 0.15) is 0 Å². The zero-order chi connectivity index (χ0) is 11.3. The zero-order valence-corrected chi connectivity index (χ0v) is 9.46. The van der Waals surface area contributed by atoms with E-state index in [0.717, 1.165) is 32.1 Å². The third kappa shape index (κ3) is 3.80. The lowest BCUT2D eigenvalue weighted by atomic mass is 9.94. The SMILES string of the molecule is CC[C@@H](CO)NC(=O)CC1(N)CCCC1. The van der Waals surface area contributed by atoms with Crippen LogP contribution < -0.4 is 11.1 Å². The first kappa shape index (κ1) is 12.5. The van der Waals surface area contributed by atoms with E-state index in [2.05, 4.69) is 5.32 Å². The van der Waals surface area contributed by atoms with E-state index in [1.807, 2.05) is 6.92 Å². The maximum atomic E-state index is 11.6. The van der Waals surface area contributed by atoms with Gasteiger partial charge in [-0.15, -0.1) is 0 Å². The largest absolute Gasteiger partial charge is 0.394 e. The summed E-state index contributed by atoms with van der Waals surface area (Å²) in [6, 6.07) is -0.123. The van der Waals surface area contributed by atoms with Crippen LogP contribution in [-0.4, -0.2) is 29.2 Å². The fraction of sp³-hybridized carbons (Fsp3) is 0.909. The number of aliphatic hydroxyl groups is 1. The lowest BCUT2D eigenvalue weighted by Crippen LogP contribution is -2.45. The van der Waals surface area contributed by atoms with Crippen LogP contribution in [-0.2, 0) is 4.79 Å². The second-order valence-electron chi connectivity index (χ2n) is 4.60. The predicted octanol–water partition coefficient (Wildman–Crippen LogP) is 0.535. The minimum absolute atomic E-state index is 0.000187. The predicted molar refractivity (Wildman–Crippen MR) is 59.3 cm³/mol. The maximum absolute atomic E-state index is 11.6. The van der Waals surface area contributed by atoms with Crippen LogP contribution in [0.4, 0.5) is 0 Å². The fourth-order valence-corrected chi connectivity index (χ4v) is 2.13. The number of carbonyl (C=O) groups is 1. The number of amides is 1. The molecule has 0 unspecified atom stereocenters. The molecule has 1 rings (SSSR count). The van der Waals surface area contributed by atoms with Crippen LogP contribution in [0, 0.1) is 0 Å². The Kier molecular flexibility index (Phi) is 4.54. The van der Waals surface area contributed by atoms with Crippen LogP contribution in [0.15, 0.2) is 0 Å². The molecule has 1 fully saturated rings. The Labute approximate surface area is 91.2 Å². The number of rotatable bonds is 5. The highest BCUT2D eigenvalue weighted by molar-refractivity contribution is 5.77. The molecule has 1 atom stereocenters. The van der Waals surface area contributed by atoms with Crippen molar-refractivity contribution >= 4 is 5.91 Å². The number of nitrogens with one attached hydrogen (secondary N) is 1. The minimum Gasteiger partial charge on any atom is -0.394 e. The lowest BCUT2D eigenvalue weighted by Gasteiger charge is -2.24. The molecule has 4 heteroatoms. The first-order valence-electron chi connectivity index (χ1n) is 5.79. The molecule has 0 heterocycles. The molecule has 1 saturated carbocycles. The van der Waals surface area contributed by atoms with Gasteiger partial charge in [-0.1, -0.05) is 19.8 Å². The van der Waals surface area contributed by atoms with E-state index < -0.39 is 0 Å². The summed E-state index contributed by atoms with van der Waals surface area (Å²) < 4.78 is 0. The zero-order valence-electron chi connectivity index (χ0n) is 9.46. The quantitative estimate of drug-likeness (QED) is 0.625. The normalized spacial score (nSPS) is 21.3. The van der Waals surface area contributed by atoms with E-state index in [1.165, 1.54) is 0 Å². The summed E-state index contributed by atoms with van der Waals surface area (Å²) >= 11 is 0. The molecule has 0 aromatic rings. The van der Waals surface area contributed by atoms with Crippen molar-refractivity contribution in [2.75, 3.05) is 6.61 Å². The van der Waals surface area contributed by atoms with Crippen LogP contribution in [0.5, 0.6) is 0 Å². The van der Waals surface area contributed by atoms with Gasteiger partial charge < -0.3 is 16.2 Å². The Morgan fingerprint density at radius 3 is 2.60 bits per heavy atom. The lowest BCUT2D eigenvalue weighted by molar-refractivity contribution is -0.123. The monoisotopic (exact) mass is 214 g/mol. The molecule has 0 aromatic carbocycles. The number of nitrogens with two attached hydrogens (primary N) is 1. The highest BCUT2D eigenvalue weighted by atomic mass is 16.3. The van der Waals surface area contributed by atoms with Crippen molar-refractivity contribution < 1.29 is 9.90 Å². The van der Waals surface area contributed by atoms with E-state index >= 15 is 0 Å². The van der Waals surface area contributed by atoms with Crippen molar-refractivity contribution in [3.8, 4) is 0 Å². The van der Waals surface area contributed by atoms with E-state index in [1.54, 1.807) is 0 Å². The van der Waals surface area contributed by atoms with Gasteiger partial charge in [0, 0.05) is 12.0 Å². The number of hydrogen-bond donors (Lipinski definition) is 3. The van der Waals surface area contributed by atoms with Crippen molar-refractivity contribution in [2.24, 2.45) is 5.73 Å². The summed E-state index contributed by atoms with van der Waals surface area (Å²) in [5, 5.41) is 11.8. The van der Waals surface area contributed by atoms with Crippen molar-refractivity contribution in [2.45, 2.75) is 57.0 Å². The van der Waals surface area contributed by atoms with Crippen molar-refractivity contribution in [1.29, 1.82) is 0 Å². The molecule has 0 saturated heterocycles. The number of hydrogen-bond acceptors (Lipinski definition) is 3. The topological polar surface area (TPSA) is 75.3 Å². The third-order valence-electron chi connectivity index (χ3n) is 3.19. The van der Waals surface area contributed by atoms with Gasteiger partial charge in [0.05, 0.1) is 12.6 Å². The molecule has 1 aliphatic rings. The molecule has 4 nitrogen and oxygen atoms in total. The molecule has 4 N–H and O–H groups in total. The molecule has 0 radical (unpaired) electrons. The first-order chi connectivity index (χ1) is 7.09. The van der Waals surface area contributed by atoms with Crippen LogP contribution in [0.2, 0.25) is 0 Å². The number of aliphatic hydroxyl groups excluding tert-OH is 1. The van der Waals surface area contributed by atoms with Crippen LogP contribution >= 0.6 is 0 Å². The highest BCUT2D eigenvalue weighted by Crippen LogP contribution is 2.29. The minimum atomic E-state index is -0.294. The van der Waals surface area contributed by atoms with E-state index in [-0.39, 0.29) is 24.1 Å². The fourth-order valence-electron chi connectivity index (χ4n) is 2.13. The molecule has 1 amide bonds. The summed E-state index contributed by atoms with van der Waals surface area (Å²) in [5.74, 6) is -0.0275. The van der Waals surface area contributed by atoms with Gasteiger partial charge in [-0.3, -0.25) is 4.79 Å². The standard InChI is InChI=1S/C11H22N2O2/c1-2-9(8-14)13-10(15)7-11(12)5-3-4-6-11/h9,14H,2-8,12H2,1H3,(H,13,15)/t9-/m0/s1. The summed E-state index contributed by atoms with van der Waals surface area (Å²) in [4.78, 5) is 11.6. The van der Waals surface area contributed by atoms with Gasteiger partial charge in [0.2, 0.25) is 5.91 Å². The average molecular weight is 214 g/mol. The summed E-state index contributed by atoms with van der Waals surface area (Å²) in [6.07, 6.45) is 5.28. The molecule has 1 aliphatic carbocycles. The molecule has 88 valence electrons. The summed E-state index contributed by atoms with van der Waals surface area (Å²) in [6.45, 7) is 1.94. The Morgan fingerprint density at radius 2 is 2.13 bits per heavy atom. The molecular formula is C11H22N2O2. The second-order valence-corrected chi connectivity index (χ2v) is 4.60. The van der Waals surface area contributed by atoms with Crippen molar-refractivity contribution in [3.05, 3.63) is 0 Å². The van der Waals surface area contributed by atoms with Gasteiger partial charge in [-0.05, 0) is 19.3 Å². The summed E-state index contributed by atoms with van der Waals surface area (Å²) in [7, 11) is 0. The molecule has 0 bridgehead atoms. The van der Waals surface area contributed by atoms with Gasteiger partial charge >= 0.3 is 0 Å². The highest BCUT2D eigenvalue weighted by Gasteiger charge is 2.31. The second kappa shape index (κ2) is 5.47. The molecular weight excluding hydrogens is 192 g/mol. The molecule has 0 aliphatic heterocycles. The molecule has 15 heavy (non-hydrogen) atoms. The van der Waals surface area contributed by atoms with Gasteiger partial charge in [-0.25, -0.2) is 0 Å². The van der Waals surface area contributed by atoms with Crippen LogP contribution in [0.25, 0.3) is 0 Å². The van der Waals surface area contributed by atoms with Gasteiger partial charge in [0.25, 0.3) is 0 Å². The molecule has 0 spiro atoms. The summed E-state index contributed by atoms with van der Waals surface area (Å²) in [5.41, 5.74) is 5.80. The van der Waals surface area contributed by atoms with E-state index in [0.29, 0.717) is 6.42 Å². The number of carbonyl (C=O) groups excluding carboxylic acids is 1. The average Bonchev–Trinajstić information content (AvgIpc) is 2.61. The van der Waals surface area contributed by atoms with Crippen molar-refractivity contribution in [1.82, 2.24) is 5.32 Å².